The molecule has 0 spiro atoms. The van der Waals surface area contributed by atoms with Crippen molar-refractivity contribution >= 4 is 52.9 Å². The predicted octanol–water partition coefficient (Wildman–Crippen LogP) is 11.8. The number of benzene rings is 3. The zero-order valence-electron chi connectivity index (χ0n) is 33.2. The molecule has 0 saturated heterocycles. The van der Waals surface area contributed by atoms with Crippen molar-refractivity contribution in [2.24, 2.45) is 5.92 Å². The van der Waals surface area contributed by atoms with Gasteiger partial charge in [-0.25, -0.2) is 0 Å². The van der Waals surface area contributed by atoms with Gasteiger partial charge in [0.1, 0.15) is 17.6 Å². The van der Waals surface area contributed by atoms with Gasteiger partial charge in [0.15, 0.2) is 0 Å². The van der Waals surface area contributed by atoms with Crippen molar-refractivity contribution in [3.8, 4) is 0 Å². The Kier molecular flexibility index (Phi) is 8.63. The third-order valence-electron chi connectivity index (χ3n) is 12.4. The predicted molar refractivity (Wildman–Crippen MR) is 227 cm³/mol. The Labute approximate surface area is 323 Å². The van der Waals surface area contributed by atoms with E-state index in [1.807, 2.05) is 0 Å². The average molecular weight is 714 g/mol. The zero-order valence-corrected chi connectivity index (χ0v) is 33.2. The summed E-state index contributed by atoms with van der Waals surface area (Å²) in [6.07, 6.45) is 21.7. The van der Waals surface area contributed by atoms with Crippen LogP contribution in [0.2, 0.25) is 0 Å². The van der Waals surface area contributed by atoms with Crippen molar-refractivity contribution in [1.82, 2.24) is 0 Å². The van der Waals surface area contributed by atoms with Gasteiger partial charge in [0.25, 0.3) is 0 Å². The van der Waals surface area contributed by atoms with E-state index in [4.69, 9.17) is 9.15 Å². The number of ether oxygens (including phenoxy) is 1. The molecule has 1 aromatic heterocycles. The topological polar surface area (TPSA) is 28.9 Å². The first-order valence-electron chi connectivity index (χ1n) is 20.3. The molecule has 54 heavy (non-hydrogen) atoms. The molecule has 1 fully saturated rings. The Bertz CT molecular complexity index is 2200. The summed E-state index contributed by atoms with van der Waals surface area (Å²) in [5, 5.41) is 0. The number of nitrogens with zero attached hydrogens (tertiary/aromatic N) is 2. The lowest BCUT2D eigenvalue weighted by Crippen LogP contribution is -2.42. The van der Waals surface area contributed by atoms with E-state index < -0.39 is 0 Å². The van der Waals surface area contributed by atoms with Crippen LogP contribution in [0.25, 0.3) is 6.08 Å². The number of hydrogen-bond acceptors (Lipinski definition) is 4. The van der Waals surface area contributed by atoms with Gasteiger partial charge in [-0.1, -0.05) is 115 Å². The minimum atomic E-state index is -0.0179. The number of rotatable bonds is 5. The largest absolute Gasteiger partial charge is 0.488 e. The Morgan fingerprint density at radius 2 is 1.50 bits per heavy atom. The maximum atomic E-state index is 6.86. The molecule has 3 aliphatic carbocycles. The summed E-state index contributed by atoms with van der Waals surface area (Å²) in [7, 11) is 2.34. The maximum Gasteiger partial charge on any atom is 0.249 e. The normalized spacial score (nSPS) is 20.6. The number of hydrogen-bond donors (Lipinski definition) is 0. The highest BCUT2D eigenvalue weighted by molar-refractivity contribution is 6.72. The minimum absolute atomic E-state index is 0.0179. The summed E-state index contributed by atoms with van der Waals surface area (Å²) in [5.74, 6) is 2.67. The molecule has 0 amide bonds. The van der Waals surface area contributed by atoms with Crippen LogP contribution in [0, 0.1) is 5.92 Å². The van der Waals surface area contributed by atoms with E-state index in [1.165, 1.54) is 76.9 Å². The van der Waals surface area contributed by atoms with Crippen molar-refractivity contribution in [3.63, 3.8) is 0 Å². The van der Waals surface area contributed by atoms with E-state index in [0.717, 1.165) is 47.1 Å². The van der Waals surface area contributed by atoms with Crippen molar-refractivity contribution in [3.05, 3.63) is 131 Å². The molecule has 5 aliphatic rings. The lowest BCUT2D eigenvalue weighted by Gasteiger charge is -2.38. The Balaban J connectivity index is 1.31. The molecular weight excluding hydrogens is 659 g/mol. The van der Waals surface area contributed by atoms with Crippen LogP contribution in [0.1, 0.15) is 121 Å². The first-order valence-corrected chi connectivity index (χ1v) is 20.3. The van der Waals surface area contributed by atoms with E-state index in [2.05, 4.69) is 163 Å². The highest BCUT2D eigenvalue weighted by atomic mass is 16.5. The highest BCUT2D eigenvalue weighted by Gasteiger charge is 2.41. The van der Waals surface area contributed by atoms with Gasteiger partial charge in [0, 0.05) is 34.7 Å². The summed E-state index contributed by atoms with van der Waals surface area (Å²) < 4.78 is 13.5. The fourth-order valence-corrected chi connectivity index (χ4v) is 9.34. The van der Waals surface area contributed by atoms with Gasteiger partial charge in [-0.2, -0.15) is 0 Å². The van der Waals surface area contributed by atoms with E-state index in [1.54, 1.807) is 0 Å². The molecule has 1 saturated carbocycles. The van der Waals surface area contributed by atoms with Crippen LogP contribution in [-0.4, -0.2) is 13.4 Å². The molecule has 2 aliphatic heterocycles. The van der Waals surface area contributed by atoms with Crippen molar-refractivity contribution in [1.29, 1.82) is 0 Å². The number of allylic oxidation sites excluding steroid dienone is 4. The fourth-order valence-electron chi connectivity index (χ4n) is 9.34. The quantitative estimate of drug-likeness (QED) is 0.170. The first kappa shape index (κ1) is 35.1. The SMILES string of the molecule is CC1=C(N(c2ccc(C(C)(C)C)cc2)c2cc(C3CCCCC3)cc3c2[B]c2oc4c(c2N3c2ccc(C(C)(C)C)cc2)C=CCC4)C2C=CC=CC2O1. The molecule has 0 bridgehead atoms. The van der Waals surface area contributed by atoms with Crippen LogP contribution in [0.15, 0.2) is 107 Å². The van der Waals surface area contributed by atoms with Crippen LogP contribution in [0.3, 0.4) is 0 Å². The van der Waals surface area contributed by atoms with Gasteiger partial charge in [0.05, 0.1) is 23.0 Å². The molecule has 3 aromatic carbocycles. The monoisotopic (exact) mass is 713 g/mol. The van der Waals surface area contributed by atoms with Gasteiger partial charge in [-0.05, 0) is 108 Å². The molecule has 5 heteroatoms. The number of fused-ring (bicyclic) bond motifs is 5. The lowest BCUT2D eigenvalue weighted by atomic mass is 9.62. The van der Waals surface area contributed by atoms with Crippen molar-refractivity contribution in [2.75, 3.05) is 9.80 Å². The van der Waals surface area contributed by atoms with Gasteiger partial charge in [-0.15, -0.1) is 0 Å². The Hall–Kier alpha value is -4.64. The molecule has 2 atom stereocenters. The summed E-state index contributed by atoms with van der Waals surface area (Å²) >= 11 is 0. The fraction of sp³-hybridized carbons (Fsp3) is 0.388. The van der Waals surface area contributed by atoms with Crippen LogP contribution in [-0.2, 0) is 22.0 Å². The molecule has 275 valence electrons. The van der Waals surface area contributed by atoms with Crippen LogP contribution in [0.4, 0.5) is 28.4 Å². The molecular formula is C49H54BN2O2. The molecule has 0 N–H and O–H groups in total. The van der Waals surface area contributed by atoms with E-state index in [-0.39, 0.29) is 22.9 Å². The first-order chi connectivity index (χ1) is 26.0. The minimum Gasteiger partial charge on any atom is -0.488 e. The maximum absolute atomic E-state index is 6.86. The summed E-state index contributed by atoms with van der Waals surface area (Å²) in [6, 6.07) is 23.6. The molecule has 4 nitrogen and oxygen atoms in total. The molecule has 4 aromatic rings. The Morgan fingerprint density at radius 3 is 2.20 bits per heavy atom. The third kappa shape index (κ3) is 6.08. The van der Waals surface area contributed by atoms with Crippen molar-refractivity contribution < 1.29 is 9.15 Å². The van der Waals surface area contributed by atoms with E-state index >= 15 is 0 Å². The number of anilines is 5. The van der Waals surface area contributed by atoms with Gasteiger partial charge in [0.2, 0.25) is 7.28 Å². The van der Waals surface area contributed by atoms with Gasteiger partial charge >= 0.3 is 0 Å². The van der Waals surface area contributed by atoms with E-state index in [9.17, 15) is 0 Å². The zero-order chi connectivity index (χ0) is 37.4. The lowest BCUT2D eigenvalue weighted by molar-refractivity contribution is 0.166. The highest BCUT2D eigenvalue weighted by Crippen LogP contribution is 2.48. The molecule has 3 heterocycles. The second-order valence-electron chi connectivity index (χ2n) is 18.1. The Morgan fingerprint density at radius 1 is 0.815 bits per heavy atom. The van der Waals surface area contributed by atoms with E-state index in [0.29, 0.717) is 5.92 Å². The second kappa shape index (κ2) is 13.3. The van der Waals surface area contributed by atoms with Crippen LogP contribution in [0.5, 0.6) is 0 Å². The van der Waals surface area contributed by atoms with Gasteiger partial charge in [-0.3, -0.25) is 0 Å². The average Bonchev–Trinajstić information content (AvgIpc) is 3.70. The second-order valence-corrected chi connectivity index (χ2v) is 18.1. The molecule has 1 radical (unpaired) electrons. The summed E-state index contributed by atoms with van der Waals surface area (Å²) in [5.41, 5.74) is 14.6. The van der Waals surface area contributed by atoms with Gasteiger partial charge < -0.3 is 19.0 Å². The smallest absolute Gasteiger partial charge is 0.249 e. The summed E-state index contributed by atoms with van der Waals surface area (Å²) in [4.78, 5) is 5.05. The summed E-state index contributed by atoms with van der Waals surface area (Å²) in [6.45, 7) is 15.9. The third-order valence-corrected chi connectivity index (χ3v) is 12.4. The van der Waals surface area contributed by atoms with Crippen molar-refractivity contribution in [2.45, 2.75) is 116 Å². The molecule has 9 rings (SSSR count). The standard InChI is InChI=1S/C49H54BN2O2/c1-31-45(38-17-11-13-19-42(38)53-31)51(36-25-21-34(22-26-36)48(2,3)4)40-29-33(32-15-9-8-10-16-32)30-41-44(40)50-47-46(39-18-12-14-20-43(39)54-47)52(41)37-27-23-35(24-28-37)49(5,6)7/h11-13,17-19,21-30,32,38,42H,8-10,14-16,20H2,1-7H3. The number of furan rings is 1. The van der Waals surface area contributed by atoms with Crippen LogP contribution < -0.4 is 20.9 Å². The number of aryl methyl sites for hydroxylation is 1. The molecule has 2 unspecified atom stereocenters. The van der Waals surface area contributed by atoms with Crippen LogP contribution >= 0.6 is 0 Å².